The number of rotatable bonds is 5. The average Bonchev–Trinajstić information content (AvgIpc) is 2.50. The Morgan fingerprint density at radius 3 is 2.29 bits per heavy atom. The van der Waals surface area contributed by atoms with Crippen molar-refractivity contribution in [2.45, 2.75) is 12.5 Å². The van der Waals surface area contributed by atoms with Crippen LogP contribution in [0.15, 0.2) is 36.4 Å². The van der Waals surface area contributed by atoms with E-state index in [0.29, 0.717) is 22.6 Å². The van der Waals surface area contributed by atoms with Crippen LogP contribution in [0, 0.1) is 11.6 Å². The highest BCUT2D eigenvalue weighted by molar-refractivity contribution is 5.43. The molecule has 0 aromatic heterocycles. The Morgan fingerprint density at radius 1 is 0.952 bits per heavy atom. The lowest BCUT2D eigenvalue weighted by molar-refractivity contribution is 0.177. The number of aliphatic hydroxyl groups is 1. The van der Waals surface area contributed by atoms with Crippen molar-refractivity contribution in [1.82, 2.24) is 0 Å². The maximum Gasteiger partial charge on any atom is 0.161 e. The average molecular weight is 294 g/mol. The first-order valence-corrected chi connectivity index (χ1v) is 6.39. The summed E-state index contributed by atoms with van der Waals surface area (Å²) >= 11 is 0. The highest BCUT2D eigenvalue weighted by Gasteiger charge is 2.13. The van der Waals surface area contributed by atoms with Crippen LogP contribution in [0.3, 0.4) is 0 Å². The zero-order valence-electron chi connectivity index (χ0n) is 11.8. The minimum Gasteiger partial charge on any atom is -0.493 e. The van der Waals surface area contributed by atoms with Crippen LogP contribution in [-0.2, 0) is 6.42 Å². The SMILES string of the molecule is COc1ccc(C(O)Cc2ccc(F)c(F)c2)cc1OC. The minimum absolute atomic E-state index is 0.173. The van der Waals surface area contributed by atoms with E-state index in [4.69, 9.17) is 9.47 Å². The number of methoxy groups -OCH3 is 2. The minimum atomic E-state index is -0.924. The molecule has 1 unspecified atom stereocenters. The Kier molecular flexibility index (Phi) is 4.75. The Balaban J connectivity index is 2.19. The van der Waals surface area contributed by atoms with E-state index in [-0.39, 0.29) is 6.42 Å². The normalized spacial score (nSPS) is 12.0. The fourth-order valence-electron chi connectivity index (χ4n) is 2.07. The third kappa shape index (κ3) is 3.49. The summed E-state index contributed by atoms with van der Waals surface area (Å²) in [7, 11) is 3.03. The maximum atomic E-state index is 13.2. The predicted octanol–water partition coefficient (Wildman–Crippen LogP) is 3.26. The van der Waals surface area contributed by atoms with Crippen LogP contribution < -0.4 is 9.47 Å². The molecule has 0 spiro atoms. The Labute approximate surface area is 121 Å². The van der Waals surface area contributed by atoms with E-state index in [0.717, 1.165) is 12.1 Å². The number of hydrogen-bond acceptors (Lipinski definition) is 3. The first-order chi connectivity index (χ1) is 10.0. The van der Waals surface area contributed by atoms with Crippen molar-refractivity contribution in [3.05, 3.63) is 59.2 Å². The van der Waals surface area contributed by atoms with Gasteiger partial charge in [-0.25, -0.2) is 8.78 Å². The summed E-state index contributed by atoms with van der Waals surface area (Å²) in [6.45, 7) is 0. The van der Waals surface area contributed by atoms with Gasteiger partial charge in [-0.3, -0.25) is 0 Å². The third-order valence-electron chi connectivity index (χ3n) is 3.21. The first-order valence-electron chi connectivity index (χ1n) is 6.39. The van der Waals surface area contributed by atoms with Gasteiger partial charge in [0.05, 0.1) is 20.3 Å². The molecule has 0 fully saturated rings. The van der Waals surface area contributed by atoms with Crippen molar-refractivity contribution in [2.75, 3.05) is 14.2 Å². The molecule has 21 heavy (non-hydrogen) atoms. The molecule has 2 aromatic rings. The topological polar surface area (TPSA) is 38.7 Å². The molecular formula is C16H16F2O3. The lowest BCUT2D eigenvalue weighted by atomic mass is 10.0. The van der Waals surface area contributed by atoms with Gasteiger partial charge in [0.15, 0.2) is 23.1 Å². The third-order valence-corrected chi connectivity index (χ3v) is 3.21. The van der Waals surface area contributed by atoms with Gasteiger partial charge in [-0.05, 0) is 35.4 Å². The fraction of sp³-hybridized carbons (Fsp3) is 0.250. The van der Waals surface area contributed by atoms with Crippen LogP contribution in [-0.4, -0.2) is 19.3 Å². The summed E-state index contributed by atoms with van der Waals surface area (Å²) < 4.78 is 36.3. The standard InChI is InChI=1S/C16H16F2O3/c1-20-15-6-4-11(9-16(15)21-2)14(19)8-10-3-5-12(17)13(18)7-10/h3-7,9,14,19H,8H2,1-2H3. The Bertz CT molecular complexity index is 629. The molecule has 0 bridgehead atoms. The highest BCUT2D eigenvalue weighted by Crippen LogP contribution is 2.31. The van der Waals surface area contributed by atoms with Gasteiger partial charge in [0, 0.05) is 6.42 Å². The van der Waals surface area contributed by atoms with E-state index >= 15 is 0 Å². The number of halogens is 2. The zero-order chi connectivity index (χ0) is 15.4. The highest BCUT2D eigenvalue weighted by atomic mass is 19.2. The van der Waals surface area contributed by atoms with Crippen molar-refractivity contribution >= 4 is 0 Å². The summed E-state index contributed by atoms with van der Waals surface area (Å²) in [5.41, 5.74) is 1.12. The molecule has 0 radical (unpaired) electrons. The van der Waals surface area contributed by atoms with E-state index in [1.54, 1.807) is 18.2 Å². The summed E-state index contributed by atoms with van der Waals surface area (Å²) in [6.07, 6.45) is -0.679. The molecule has 0 aliphatic rings. The van der Waals surface area contributed by atoms with Gasteiger partial charge >= 0.3 is 0 Å². The second-order valence-corrected chi connectivity index (χ2v) is 4.58. The van der Waals surface area contributed by atoms with Crippen LogP contribution in [0.5, 0.6) is 11.5 Å². The molecule has 0 saturated heterocycles. The lowest BCUT2D eigenvalue weighted by Gasteiger charge is -2.14. The van der Waals surface area contributed by atoms with Crippen LogP contribution in [0.4, 0.5) is 8.78 Å². The molecule has 1 atom stereocenters. The van der Waals surface area contributed by atoms with Gasteiger partial charge in [0.1, 0.15) is 0 Å². The lowest BCUT2D eigenvalue weighted by Crippen LogP contribution is -2.03. The van der Waals surface area contributed by atoms with Crippen LogP contribution in [0.1, 0.15) is 17.2 Å². The quantitative estimate of drug-likeness (QED) is 0.920. The largest absolute Gasteiger partial charge is 0.493 e. The van der Waals surface area contributed by atoms with Gasteiger partial charge < -0.3 is 14.6 Å². The van der Waals surface area contributed by atoms with Crippen molar-refractivity contribution in [3.8, 4) is 11.5 Å². The Morgan fingerprint density at radius 2 is 1.67 bits per heavy atom. The van der Waals surface area contributed by atoms with E-state index in [9.17, 15) is 13.9 Å². The molecule has 0 amide bonds. The van der Waals surface area contributed by atoms with E-state index in [2.05, 4.69) is 0 Å². The van der Waals surface area contributed by atoms with Crippen LogP contribution in [0.2, 0.25) is 0 Å². The second-order valence-electron chi connectivity index (χ2n) is 4.58. The van der Waals surface area contributed by atoms with Crippen molar-refractivity contribution in [2.24, 2.45) is 0 Å². The van der Waals surface area contributed by atoms with Gasteiger partial charge in [-0.2, -0.15) is 0 Å². The van der Waals surface area contributed by atoms with E-state index < -0.39 is 17.7 Å². The molecule has 0 aliphatic carbocycles. The van der Waals surface area contributed by atoms with Crippen molar-refractivity contribution in [1.29, 1.82) is 0 Å². The van der Waals surface area contributed by atoms with Gasteiger partial charge in [-0.1, -0.05) is 12.1 Å². The van der Waals surface area contributed by atoms with E-state index in [1.165, 1.54) is 20.3 Å². The smallest absolute Gasteiger partial charge is 0.161 e. The van der Waals surface area contributed by atoms with Gasteiger partial charge in [0.25, 0.3) is 0 Å². The van der Waals surface area contributed by atoms with Gasteiger partial charge in [-0.15, -0.1) is 0 Å². The molecule has 5 heteroatoms. The maximum absolute atomic E-state index is 13.2. The van der Waals surface area contributed by atoms with E-state index in [1.807, 2.05) is 0 Å². The fourth-order valence-corrected chi connectivity index (χ4v) is 2.07. The molecule has 2 rings (SSSR count). The van der Waals surface area contributed by atoms with Crippen molar-refractivity contribution < 1.29 is 23.4 Å². The van der Waals surface area contributed by atoms with Crippen LogP contribution >= 0.6 is 0 Å². The summed E-state index contributed by atoms with van der Waals surface area (Å²) in [5, 5.41) is 10.2. The summed E-state index contributed by atoms with van der Waals surface area (Å²) in [6, 6.07) is 8.62. The number of benzene rings is 2. The Hall–Kier alpha value is -2.14. The first kappa shape index (κ1) is 15.3. The molecular weight excluding hydrogens is 278 g/mol. The molecule has 0 aliphatic heterocycles. The number of ether oxygens (including phenoxy) is 2. The predicted molar refractivity (Wildman–Crippen MR) is 74.6 cm³/mol. The number of hydrogen-bond donors (Lipinski definition) is 1. The monoisotopic (exact) mass is 294 g/mol. The molecule has 3 nitrogen and oxygen atoms in total. The summed E-state index contributed by atoms with van der Waals surface area (Å²) in [5.74, 6) is -0.771. The van der Waals surface area contributed by atoms with Gasteiger partial charge in [0.2, 0.25) is 0 Å². The number of aliphatic hydroxyl groups excluding tert-OH is 1. The zero-order valence-corrected chi connectivity index (χ0v) is 11.8. The molecule has 0 saturated carbocycles. The molecule has 0 heterocycles. The second kappa shape index (κ2) is 6.54. The summed E-state index contributed by atoms with van der Waals surface area (Å²) in [4.78, 5) is 0. The molecule has 1 N–H and O–H groups in total. The molecule has 112 valence electrons. The molecule has 2 aromatic carbocycles. The van der Waals surface area contributed by atoms with Crippen molar-refractivity contribution in [3.63, 3.8) is 0 Å². The van der Waals surface area contributed by atoms with Crippen LogP contribution in [0.25, 0.3) is 0 Å².